The number of fused-ring (bicyclic) bond motifs is 3. The lowest BCUT2D eigenvalue weighted by molar-refractivity contribution is 0.312. The number of aryl methyl sites for hydroxylation is 1. The fourth-order valence-corrected chi connectivity index (χ4v) is 4.50. The summed E-state index contributed by atoms with van der Waals surface area (Å²) < 4.78 is 2.44. The number of rotatable bonds is 2. The van der Waals surface area contributed by atoms with Gasteiger partial charge in [-0.15, -0.1) is 11.3 Å². The first-order chi connectivity index (χ1) is 11.2. The second-order valence-corrected chi connectivity index (χ2v) is 7.67. The molecule has 2 aliphatic rings. The Morgan fingerprint density at radius 3 is 3.04 bits per heavy atom. The summed E-state index contributed by atoms with van der Waals surface area (Å²) in [5.74, 6) is 0. The van der Waals surface area contributed by atoms with Gasteiger partial charge in [-0.05, 0) is 43.7 Å². The molecule has 3 heteroatoms. The van der Waals surface area contributed by atoms with Gasteiger partial charge in [-0.3, -0.25) is 0 Å². The molecule has 0 aromatic carbocycles. The Bertz CT molecular complexity index is 858. The van der Waals surface area contributed by atoms with Gasteiger partial charge in [0.15, 0.2) is 0 Å². The first-order valence-corrected chi connectivity index (χ1v) is 9.05. The topological polar surface area (TPSA) is 8.17 Å². The molecule has 0 amide bonds. The van der Waals surface area contributed by atoms with Crippen LogP contribution in [0.2, 0.25) is 0 Å². The average molecular weight is 322 g/mol. The number of hydrogen-bond acceptors (Lipinski definition) is 2. The molecule has 1 aliphatic carbocycles. The highest BCUT2D eigenvalue weighted by atomic mass is 32.1. The van der Waals surface area contributed by atoms with Crippen molar-refractivity contribution in [2.24, 2.45) is 0 Å². The summed E-state index contributed by atoms with van der Waals surface area (Å²) in [5.41, 5.74) is 4.38. The van der Waals surface area contributed by atoms with Crippen molar-refractivity contribution < 1.29 is 0 Å². The summed E-state index contributed by atoms with van der Waals surface area (Å²) in [6, 6.07) is 2.36. The van der Waals surface area contributed by atoms with E-state index < -0.39 is 0 Å². The second kappa shape index (κ2) is 5.99. The van der Waals surface area contributed by atoms with Gasteiger partial charge in [-0.25, -0.2) is 0 Å². The highest BCUT2D eigenvalue weighted by Crippen LogP contribution is 2.36. The third-order valence-corrected chi connectivity index (χ3v) is 5.69. The molecule has 0 fully saturated rings. The Labute approximate surface area is 141 Å². The molecule has 0 saturated carbocycles. The van der Waals surface area contributed by atoms with E-state index in [4.69, 9.17) is 0 Å². The van der Waals surface area contributed by atoms with Gasteiger partial charge in [-0.2, -0.15) is 0 Å². The van der Waals surface area contributed by atoms with Crippen LogP contribution in [0.4, 0.5) is 0 Å². The van der Waals surface area contributed by atoms with Gasteiger partial charge in [0.25, 0.3) is 0 Å². The Balaban J connectivity index is 1.78. The van der Waals surface area contributed by atoms with Crippen LogP contribution in [0.25, 0.3) is 16.4 Å². The zero-order valence-corrected chi connectivity index (χ0v) is 14.6. The number of nitrogens with zero attached hydrogens (tertiary/aromatic N) is 2. The van der Waals surface area contributed by atoms with Crippen molar-refractivity contribution in [1.82, 2.24) is 9.47 Å². The van der Waals surface area contributed by atoms with E-state index in [0.29, 0.717) is 0 Å². The molecule has 118 valence electrons. The number of aromatic nitrogens is 1. The van der Waals surface area contributed by atoms with E-state index in [2.05, 4.69) is 72.2 Å². The highest BCUT2D eigenvalue weighted by molar-refractivity contribution is 7.18. The van der Waals surface area contributed by atoms with Crippen LogP contribution < -0.4 is 0 Å². The van der Waals surface area contributed by atoms with Crippen LogP contribution >= 0.6 is 11.3 Å². The van der Waals surface area contributed by atoms with E-state index in [1.54, 1.807) is 0 Å². The van der Waals surface area contributed by atoms with Crippen molar-refractivity contribution in [2.75, 3.05) is 13.6 Å². The lowest BCUT2D eigenvalue weighted by Crippen LogP contribution is -2.26. The third-order valence-electron chi connectivity index (χ3n) is 4.64. The second-order valence-electron chi connectivity index (χ2n) is 6.43. The zero-order valence-electron chi connectivity index (χ0n) is 13.7. The van der Waals surface area contributed by atoms with E-state index in [1.165, 1.54) is 31.9 Å². The zero-order chi connectivity index (χ0) is 15.8. The standard InChI is InChI=1S/C20H22N2S/c1-15-13-17-18-14-21(2)11-10-19(18)22(20(17)23-15)12-9-16-7-5-3-4-6-8-16/h3-7,9,12-13H,8,10-11,14H2,1-2H3. The predicted molar refractivity (Wildman–Crippen MR) is 101 cm³/mol. The molecule has 23 heavy (non-hydrogen) atoms. The van der Waals surface area contributed by atoms with E-state index in [-0.39, 0.29) is 0 Å². The molecule has 0 atom stereocenters. The van der Waals surface area contributed by atoms with Gasteiger partial charge < -0.3 is 9.47 Å². The van der Waals surface area contributed by atoms with Crippen LogP contribution in [-0.2, 0) is 13.0 Å². The smallest absolute Gasteiger partial charge is 0.107 e. The molecule has 3 heterocycles. The molecular formula is C20H22N2S. The van der Waals surface area contributed by atoms with Crippen molar-refractivity contribution in [3.63, 3.8) is 0 Å². The molecule has 2 aromatic rings. The first-order valence-electron chi connectivity index (χ1n) is 8.23. The first kappa shape index (κ1) is 14.7. The summed E-state index contributed by atoms with van der Waals surface area (Å²) in [5, 5.41) is 1.45. The van der Waals surface area contributed by atoms with Crippen LogP contribution in [0.5, 0.6) is 0 Å². The highest BCUT2D eigenvalue weighted by Gasteiger charge is 2.22. The molecule has 2 nitrogen and oxygen atoms in total. The van der Waals surface area contributed by atoms with E-state index in [9.17, 15) is 0 Å². The SMILES string of the molecule is Cc1cc2c3c(n(C=CC4=CC=CC=CC4)c2s1)CCN(C)C3. The van der Waals surface area contributed by atoms with Crippen LogP contribution in [0.1, 0.15) is 22.6 Å². The fraction of sp³-hybridized carbons (Fsp3) is 0.300. The Morgan fingerprint density at radius 1 is 1.22 bits per heavy atom. The molecular weight excluding hydrogens is 300 g/mol. The molecule has 0 spiro atoms. The molecule has 0 saturated heterocycles. The van der Waals surface area contributed by atoms with Crippen molar-refractivity contribution in [3.05, 3.63) is 64.2 Å². The number of likely N-dealkylation sites (N-methyl/N-ethyl adjacent to an activating group) is 1. The van der Waals surface area contributed by atoms with Crippen molar-refractivity contribution in [3.8, 4) is 0 Å². The van der Waals surface area contributed by atoms with Crippen molar-refractivity contribution >= 4 is 27.8 Å². The van der Waals surface area contributed by atoms with Crippen LogP contribution in [0.15, 0.2) is 48.1 Å². The Morgan fingerprint density at radius 2 is 2.13 bits per heavy atom. The summed E-state index contributed by atoms with van der Waals surface area (Å²) >= 11 is 1.91. The van der Waals surface area contributed by atoms with Gasteiger partial charge in [0, 0.05) is 41.7 Å². The van der Waals surface area contributed by atoms with Gasteiger partial charge in [-0.1, -0.05) is 30.4 Å². The minimum absolute atomic E-state index is 1.00. The summed E-state index contributed by atoms with van der Waals surface area (Å²) in [6.45, 7) is 4.42. The molecule has 0 unspecified atom stereocenters. The summed E-state index contributed by atoms with van der Waals surface area (Å²) in [4.78, 5) is 5.22. The van der Waals surface area contributed by atoms with E-state index >= 15 is 0 Å². The van der Waals surface area contributed by atoms with Gasteiger partial charge in [0.2, 0.25) is 0 Å². The monoisotopic (exact) mass is 322 g/mol. The molecule has 0 radical (unpaired) electrons. The molecule has 0 bridgehead atoms. The lowest BCUT2D eigenvalue weighted by Gasteiger charge is -2.23. The minimum atomic E-state index is 1.00. The average Bonchev–Trinajstić information content (AvgIpc) is 2.89. The summed E-state index contributed by atoms with van der Waals surface area (Å²) in [6.07, 6.45) is 17.4. The van der Waals surface area contributed by atoms with E-state index in [1.807, 2.05) is 11.3 Å². The van der Waals surface area contributed by atoms with Gasteiger partial charge in [0.05, 0.1) is 0 Å². The van der Waals surface area contributed by atoms with Crippen LogP contribution in [-0.4, -0.2) is 23.1 Å². The van der Waals surface area contributed by atoms with Gasteiger partial charge >= 0.3 is 0 Å². The van der Waals surface area contributed by atoms with Gasteiger partial charge in [0.1, 0.15) is 4.83 Å². The normalized spacial score (nSPS) is 18.6. The summed E-state index contributed by atoms with van der Waals surface area (Å²) in [7, 11) is 2.22. The maximum absolute atomic E-state index is 2.44. The largest absolute Gasteiger partial charge is 0.312 e. The minimum Gasteiger partial charge on any atom is -0.312 e. The van der Waals surface area contributed by atoms with E-state index in [0.717, 1.165) is 25.9 Å². The van der Waals surface area contributed by atoms with Crippen molar-refractivity contribution in [1.29, 1.82) is 0 Å². The third kappa shape index (κ3) is 2.75. The Kier molecular flexibility index (Phi) is 3.83. The maximum Gasteiger partial charge on any atom is 0.107 e. The Hall–Kier alpha value is -1.84. The quantitative estimate of drug-likeness (QED) is 0.762. The van der Waals surface area contributed by atoms with Crippen molar-refractivity contribution in [2.45, 2.75) is 26.3 Å². The lowest BCUT2D eigenvalue weighted by atomic mass is 10.1. The number of thiophene rings is 1. The molecule has 2 aromatic heterocycles. The maximum atomic E-state index is 2.44. The van der Waals surface area contributed by atoms with Crippen LogP contribution in [0, 0.1) is 6.92 Å². The molecule has 1 aliphatic heterocycles. The van der Waals surface area contributed by atoms with Crippen LogP contribution in [0.3, 0.4) is 0 Å². The number of hydrogen-bond donors (Lipinski definition) is 0. The fourth-order valence-electron chi connectivity index (χ4n) is 3.46. The number of allylic oxidation sites excluding steroid dienone is 7. The predicted octanol–water partition coefficient (Wildman–Crippen LogP) is 4.91. The molecule has 0 N–H and O–H groups in total. The molecule has 4 rings (SSSR count).